The molecule has 4 rings (SSSR count). The number of imidazole rings is 1. The van der Waals surface area contributed by atoms with Crippen molar-refractivity contribution in [3.63, 3.8) is 0 Å². The summed E-state index contributed by atoms with van der Waals surface area (Å²) in [7, 11) is 4.31. The number of aryl methyl sites for hydroxylation is 1. The third-order valence-electron chi connectivity index (χ3n) is 6.54. The molecule has 25 heavy (non-hydrogen) atoms. The average molecular weight is 345 g/mol. The smallest absolute Gasteiger partial charge is 0.222 e. The van der Waals surface area contributed by atoms with Gasteiger partial charge in [-0.2, -0.15) is 0 Å². The van der Waals surface area contributed by atoms with Crippen LogP contribution in [0.25, 0.3) is 0 Å². The molecule has 1 aromatic heterocycles. The van der Waals surface area contributed by atoms with E-state index in [4.69, 9.17) is 0 Å². The monoisotopic (exact) mass is 345 g/mol. The van der Waals surface area contributed by atoms with Crippen LogP contribution in [-0.2, 0) is 18.4 Å². The Morgan fingerprint density at radius 3 is 2.76 bits per heavy atom. The number of carbonyl (C=O) groups is 1. The minimum Gasteiger partial charge on any atom is -0.342 e. The van der Waals surface area contributed by atoms with Gasteiger partial charge in [0.15, 0.2) is 0 Å². The summed E-state index contributed by atoms with van der Waals surface area (Å²) >= 11 is 0. The van der Waals surface area contributed by atoms with Gasteiger partial charge in [-0.15, -0.1) is 0 Å². The Labute approximate surface area is 150 Å². The highest BCUT2D eigenvalue weighted by molar-refractivity contribution is 5.76. The van der Waals surface area contributed by atoms with Gasteiger partial charge >= 0.3 is 0 Å². The molecule has 0 N–H and O–H groups in total. The molecule has 2 saturated heterocycles. The molecule has 2 aliphatic heterocycles. The van der Waals surface area contributed by atoms with Crippen LogP contribution in [0, 0.1) is 5.92 Å². The average Bonchev–Trinajstić information content (AvgIpc) is 3.35. The van der Waals surface area contributed by atoms with Crippen LogP contribution < -0.4 is 0 Å². The van der Waals surface area contributed by atoms with Crippen molar-refractivity contribution in [3.8, 4) is 0 Å². The Morgan fingerprint density at radius 1 is 1.20 bits per heavy atom. The maximum absolute atomic E-state index is 12.6. The van der Waals surface area contributed by atoms with E-state index < -0.39 is 0 Å². The molecular formula is C19H31N5O. The molecule has 3 aliphatic rings. The number of aromatic nitrogens is 2. The summed E-state index contributed by atoms with van der Waals surface area (Å²) in [5.41, 5.74) is 0.136. The summed E-state index contributed by atoms with van der Waals surface area (Å²) in [6.07, 6.45) is 9.30. The number of rotatable bonds is 4. The first kappa shape index (κ1) is 17.0. The Bertz CT molecular complexity index is 625. The molecule has 1 spiro atoms. The molecule has 1 amide bonds. The van der Waals surface area contributed by atoms with Crippen LogP contribution in [0.2, 0.25) is 0 Å². The largest absolute Gasteiger partial charge is 0.342 e. The van der Waals surface area contributed by atoms with Gasteiger partial charge in [0.1, 0.15) is 5.82 Å². The van der Waals surface area contributed by atoms with Crippen molar-refractivity contribution < 1.29 is 4.79 Å². The highest BCUT2D eigenvalue weighted by Gasteiger charge is 2.42. The van der Waals surface area contributed by atoms with E-state index in [0.717, 1.165) is 63.9 Å². The van der Waals surface area contributed by atoms with E-state index in [2.05, 4.69) is 38.3 Å². The van der Waals surface area contributed by atoms with Gasteiger partial charge in [-0.05, 0) is 38.6 Å². The number of likely N-dealkylation sites (tertiary alicyclic amines) is 1. The molecule has 3 heterocycles. The van der Waals surface area contributed by atoms with E-state index >= 15 is 0 Å². The maximum atomic E-state index is 12.6. The van der Waals surface area contributed by atoms with Crippen molar-refractivity contribution >= 4 is 5.91 Å². The number of piperazine rings is 1. The van der Waals surface area contributed by atoms with Gasteiger partial charge in [-0.25, -0.2) is 4.98 Å². The van der Waals surface area contributed by atoms with Gasteiger partial charge in [0, 0.05) is 64.1 Å². The van der Waals surface area contributed by atoms with Gasteiger partial charge in [0.25, 0.3) is 0 Å². The minimum atomic E-state index is 0.136. The molecule has 138 valence electrons. The van der Waals surface area contributed by atoms with Crippen LogP contribution >= 0.6 is 0 Å². The first-order chi connectivity index (χ1) is 12.1. The number of hydrogen-bond acceptors (Lipinski definition) is 4. The SMILES string of the molecule is CN1CCN(Cc2nccn2C)C[C@@]12CCC(=O)N(CC1CC1)CC2. The van der Waals surface area contributed by atoms with E-state index in [1.165, 1.54) is 12.8 Å². The molecule has 1 aliphatic carbocycles. The quantitative estimate of drug-likeness (QED) is 0.826. The second-order valence-electron chi connectivity index (χ2n) is 8.34. The zero-order chi connectivity index (χ0) is 17.4. The van der Waals surface area contributed by atoms with Crippen LogP contribution in [0.5, 0.6) is 0 Å². The fourth-order valence-electron chi connectivity index (χ4n) is 4.46. The van der Waals surface area contributed by atoms with Crippen LogP contribution in [0.1, 0.15) is 37.9 Å². The van der Waals surface area contributed by atoms with Crippen LogP contribution in [0.4, 0.5) is 0 Å². The zero-order valence-corrected chi connectivity index (χ0v) is 15.7. The number of amides is 1. The van der Waals surface area contributed by atoms with Crippen molar-refractivity contribution in [2.24, 2.45) is 13.0 Å². The lowest BCUT2D eigenvalue weighted by atomic mass is 9.86. The van der Waals surface area contributed by atoms with Gasteiger partial charge in [-0.3, -0.25) is 14.6 Å². The van der Waals surface area contributed by atoms with E-state index in [1.54, 1.807) is 0 Å². The van der Waals surface area contributed by atoms with E-state index in [0.29, 0.717) is 12.3 Å². The van der Waals surface area contributed by atoms with Crippen LogP contribution in [0.15, 0.2) is 12.4 Å². The molecule has 0 aromatic carbocycles. The summed E-state index contributed by atoms with van der Waals surface area (Å²) in [6.45, 7) is 6.01. The topological polar surface area (TPSA) is 44.6 Å². The van der Waals surface area contributed by atoms with E-state index in [1.807, 2.05) is 12.4 Å². The number of nitrogens with zero attached hydrogens (tertiary/aromatic N) is 5. The predicted molar refractivity (Wildman–Crippen MR) is 97.0 cm³/mol. The Balaban J connectivity index is 1.44. The lowest BCUT2D eigenvalue weighted by molar-refractivity contribution is -0.131. The minimum absolute atomic E-state index is 0.136. The van der Waals surface area contributed by atoms with Gasteiger partial charge in [0.2, 0.25) is 5.91 Å². The van der Waals surface area contributed by atoms with Crippen LogP contribution in [0.3, 0.4) is 0 Å². The molecule has 0 unspecified atom stereocenters. The standard InChI is InChI=1S/C19H31N5O/c1-21-10-8-20-17(21)14-23-12-11-22(2)19(15-23)6-5-18(25)24(9-7-19)13-16-3-4-16/h8,10,16H,3-7,9,11-15H2,1-2H3/t19-/m0/s1. The van der Waals surface area contributed by atoms with E-state index in [-0.39, 0.29) is 5.54 Å². The summed E-state index contributed by atoms with van der Waals surface area (Å²) in [4.78, 5) is 24.3. The predicted octanol–water partition coefficient (Wildman–Crippen LogP) is 1.33. The number of hydrogen-bond donors (Lipinski definition) is 0. The fourth-order valence-corrected chi connectivity index (χ4v) is 4.46. The van der Waals surface area contributed by atoms with Crippen LogP contribution in [-0.4, -0.2) is 75.5 Å². The number of likely N-dealkylation sites (N-methyl/N-ethyl adjacent to an activating group) is 1. The molecule has 3 fully saturated rings. The van der Waals surface area contributed by atoms with Gasteiger partial charge in [-0.1, -0.05) is 0 Å². The normalized spacial score (nSPS) is 29.4. The first-order valence-electron chi connectivity index (χ1n) is 9.73. The molecule has 6 heteroatoms. The molecular weight excluding hydrogens is 314 g/mol. The summed E-state index contributed by atoms with van der Waals surface area (Å²) in [6, 6.07) is 0. The summed E-state index contributed by atoms with van der Waals surface area (Å²) < 4.78 is 2.11. The zero-order valence-electron chi connectivity index (χ0n) is 15.7. The van der Waals surface area contributed by atoms with Crippen molar-refractivity contribution in [1.82, 2.24) is 24.3 Å². The van der Waals surface area contributed by atoms with Crippen molar-refractivity contribution in [1.29, 1.82) is 0 Å². The molecule has 0 radical (unpaired) electrons. The summed E-state index contributed by atoms with van der Waals surface area (Å²) in [5.74, 6) is 2.28. The van der Waals surface area contributed by atoms with Gasteiger partial charge in [0.05, 0.1) is 6.54 Å². The Hall–Kier alpha value is -1.40. The number of carbonyl (C=O) groups excluding carboxylic acids is 1. The molecule has 1 aromatic rings. The molecule has 1 atom stereocenters. The highest BCUT2D eigenvalue weighted by atomic mass is 16.2. The Kier molecular flexibility index (Phi) is 4.58. The fraction of sp³-hybridized carbons (Fsp3) is 0.789. The lowest BCUT2D eigenvalue weighted by Crippen LogP contribution is -2.60. The third kappa shape index (κ3) is 3.60. The van der Waals surface area contributed by atoms with Crippen molar-refractivity contribution in [2.45, 2.75) is 44.2 Å². The second-order valence-corrected chi connectivity index (χ2v) is 8.34. The first-order valence-corrected chi connectivity index (χ1v) is 9.73. The maximum Gasteiger partial charge on any atom is 0.222 e. The molecule has 0 bridgehead atoms. The van der Waals surface area contributed by atoms with E-state index in [9.17, 15) is 4.79 Å². The highest BCUT2D eigenvalue weighted by Crippen LogP contribution is 2.35. The van der Waals surface area contributed by atoms with Crippen molar-refractivity contribution in [2.75, 3.05) is 39.8 Å². The van der Waals surface area contributed by atoms with Crippen molar-refractivity contribution in [3.05, 3.63) is 18.2 Å². The second kappa shape index (κ2) is 6.72. The third-order valence-corrected chi connectivity index (χ3v) is 6.54. The summed E-state index contributed by atoms with van der Waals surface area (Å²) in [5, 5.41) is 0. The Morgan fingerprint density at radius 2 is 2.04 bits per heavy atom. The lowest BCUT2D eigenvalue weighted by Gasteiger charge is -2.49. The van der Waals surface area contributed by atoms with Gasteiger partial charge < -0.3 is 9.47 Å². The molecule has 6 nitrogen and oxygen atoms in total. The molecule has 1 saturated carbocycles.